The fourth-order valence-electron chi connectivity index (χ4n) is 2.71. The highest BCUT2D eigenvalue weighted by atomic mass is 35.5. The number of rotatable bonds is 7. The molecule has 1 N–H and O–H groups in total. The van der Waals surface area contributed by atoms with Gasteiger partial charge in [-0.1, -0.05) is 47.5 Å². The molecule has 0 saturated carbocycles. The van der Waals surface area contributed by atoms with E-state index < -0.39 is 0 Å². The van der Waals surface area contributed by atoms with Crippen LogP contribution in [0.25, 0.3) is 0 Å². The lowest BCUT2D eigenvalue weighted by Gasteiger charge is -2.01. The molecule has 2 heterocycles. The average Bonchev–Trinajstić information content (AvgIpc) is 3.40. The Morgan fingerprint density at radius 2 is 1.90 bits per heavy atom. The normalized spacial score (nSPS) is 10.9. The van der Waals surface area contributed by atoms with Crippen LogP contribution in [0.2, 0.25) is 10.0 Å². The Balaban J connectivity index is 1.34. The first kappa shape index (κ1) is 21.0. The number of carbonyl (C=O) groups is 1. The lowest BCUT2D eigenvalue weighted by molar-refractivity contribution is 0.0995. The van der Waals surface area contributed by atoms with Crippen LogP contribution in [0.1, 0.15) is 26.8 Å². The van der Waals surface area contributed by atoms with Gasteiger partial charge in [0.25, 0.3) is 5.91 Å². The molecular weight excluding hydrogens is 459 g/mol. The molecule has 152 valence electrons. The van der Waals surface area contributed by atoms with Gasteiger partial charge in [0.1, 0.15) is 5.76 Å². The van der Waals surface area contributed by atoms with Crippen molar-refractivity contribution < 1.29 is 9.21 Å². The van der Waals surface area contributed by atoms with Crippen molar-refractivity contribution in [2.24, 2.45) is 0 Å². The van der Waals surface area contributed by atoms with Crippen molar-refractivity contribution in [3.05, 3.63) is 98.9 Å². The van der Waals surface area contributed by atoms with Crippen LogP contribution in [0, 0.1) is 0 Å². The minimum absolute atomic E-state index is 0.264. The van der Waals surface area contributed by atoms with Gasteiger partial charge in [-0.3, -0.25) is 10.1 Å². The minimum Gasteiger partial charge on any atom is -0.455 e. The van der Waals surface area contributed by atoms with Gasteiger partial charge in [-0.05, 0) is 42.0 Å². The van der Waals surface area contributed by atoms with Gasteiger partial charge in [0.2, 0.25) is 0 Å². The first-order valence-electron chi connectivity index (χ1n) is 9.03. The Labute approximate surface area is 192 Å². The Morgan fingerprint density at radius 3 is 2.70 bits per heavy atom. The highest BCUT2D eigenvalue weighted by molar-refractivity contribution is 7.98. The summed E-state index contributed by atoms with van der Waals surface area (Å²) in [6.07, 6.45) is 2.40. The van der Waals surface area contributed by atoms with Crippen LogP contribution in [-0.4, -0.2) is 10.9 Å². The number of amides is 1. The number of carbonyl (C=O) groups excluding carboxylic acids is 1. The Bertz CT molecular complexity index is 1160. The van der Waals surface area contributed by atoms with Crippen molar-refractivity contribution in [2.75, 3.05) is 5.32 Å². The van der Waals surface area contributed by atoms with Gasteiger partial charge >= 0.3 is 0 Å². The van der Waals surface area contributed by atoms with E-state index in [2.05, 4.69) is 10.3 Å². The van der Waals surface area contributed by atoms with E-state index in [1.807, 2.05) is 48.5 Å². The van der Waals surface area contributed by atoms with Crippen LogP contribution < -0.4 is 5.32 Å². The largest absolute Gasteiger partial charge is 0.455 e. The third-order valence-electron chi connectivity index (χ3n) is 4.15. The molecule has 0 unspecified atom stereocenters. The summed E-state index contributed by atoms with van der Waals surface area (Å²) in [6, 6.07) is 19.1. The molecule has 0 aliphatic heterocycles. The number of furan rings is 1. The summed E-state index contributed by atoms with van der Waals surface area (Å²) in [4.78, 5) is 18.9. The second-order valence-electron chi connectivity index (χ2n) is 6.38. The molecule has 4 aromatic rings. The fourth-order valence-corrected chi connectivity index (χ4v) is 4.68. The molecule has 0 bridgehead atoms. The van der Waals surface area contributed by atoms with Crippen molar-refractivity contribution in [2.45, 2.75) is 17.1 Å². The van der Waals surface area contributed by atoms with Gasteiger partial charge in [0, 0.05) is 22.4 Å². The van der Waals surface area contributed by atoms with Crippen LogP contribution in [0.3, 0.4) is 0 Å². The molecule has 0 fully saturated rings. The number of halogens is 2. The topological polar surface area (TPSA) is 55.1 Å². The van der Waals surface area contributed by atoms with Crippen molar-refractivity contribution in [3.8, 4) is 0 Å². The molecule has 0 atom stereocenters. The van der Waals surface area contributed by atoms with E-state index in [-0.39, 0.29) is 11.7 Å². The van der Waals surface area contributed by atoms with E-state index in [4.69, 9.17) is 27.6 Å². The third kappa shape index (κ3) is 5.46. The van der Waals surface area contributed by atoms with Crippen LogP contribution in [0.15, 0.2) is 76.2 Å². The van der Waals surface area contributed by atoms with Gasteiger partial charge in [0.05, 0.1) is 15.8 Å². The maximum Gasteiger partial charge on any atom is 0.293 e. The molecule has 0 saturated heterocycles. The molecule has 4 nitrogen and oxygen atoms in total. The van der Waals surface area contributed by atoms with Gasteiger partial charge in [-0.25, -0.2) is 4.98 Å². The van der Waals surface area contributed by atoms with Gasteiger partial charge in [0.15, 0.2) is 10.9 Å². The molecule has 0 aliphatic rings. The van der Waals surface area contributed by atoms with E-state index >= 15 is 0 Å². The lowest BCUT2D eigenvalue weighted by Crippen LogP contribution is -2.10. The fraction of sp³-hybridized carbons (Fsp3) is 0.0909. The summed E-state index contributed by atoms with van der Waals surface area (Å²) in [7, 11) is 0. The van der Waals surface area contributed by atoms with Crippen LogP contribution in [0.4, 0.5) is 5.13 Å². The molecule has 1 amide bonds. The van der Waals surface area contributed by atoms with Crippen molar-refractivity contribution >= 4 is 57.3 Å². The SMILES string of the molecule is O=C(Nc1ncc(Cc2ccc(Cl)c(Cl)c2)s1)c1ccc(CSc2ccccc2)o1. The summed E-state index contributed by atoms with van der Waals surface area (Å²) in [5.41, 5.74) is 1.03. The molecule has 30 heavy (non-hydrogen) atoms. The predicted octanol–water partition coefficient (Wildman–Crippen LogP) is 7.18. The number of thiazole rings is 1. The number of hydrogen-bond acceptors (Lipinski definition) is 5. The summed E-state index contributed by atoms with van der Waals surface area (Å²) in [5.74, 6) is 1.34. The van der Waals surface area contributed by atoms with Gasteiger partial charge in [-0.15, -0.1) is 23.1 Å². The van der Waals surface area contributed by atoms with E-state index in [0.717, 1.165) is 21.1 Å². The van der Waals surface area contributed by atoms with E-state index in [9.17, 15) is 4.79 Å². The highest BCUT2D eigenvalue weighted by Gasteiger charge is 2.14. The van der Waals surface area contributed by atoms with Gasteiger partial charge < -0.3 is 4.42 Å². The molecule has 0 aliphatic carbocycles. The summed E-state index contributed by atoms with van der Waals surface area (Å²) in [6.45, 7) is 0. The number of nitrogens with one attached hydrogen (secondary N) is 1. The Kier molecular flexibility index (Phi) is 6.79. The van der Waals surface area contributed by atoms with Crippen LogP contribution in [0.5, 0.6) is 0 Å². The van der Waals surface area contributed by atoms with E-state index in [1.54, 1.807) is 30.1 Å². The maximum atomic E-state index is 12.5. The zero-order valence-electron chi connectivity index (χ0n) is 15.6. The Morgan fingerprint density at radius 1 is 1.07 bits per heavy atom. The number of anilines is 1. The molecular formula is C22H16Cl2N2O2S2. The minimum atomic E-state index is -0.318. The molecule has 0 radical (unpaired) electrons. The predicted molar refractivity (Wildman–Crippen MR) is 124 cm³/mol. The summed E-state index contributed by atoms with van der Waals surface area (Å²) >= 11 is 15.1. The van der Waals surface area contributed by atoms with E-state index in [0.29, 0.717) is 27.4 Å². The average molecular weight is 475 g/mol. The zero-order chi connectivity index (χ0) is 20.9. The molecule has 0 spiro atoms. The first-order valence-corrected chi connectivity index (χ1v) is 11.6. The molecule has 8 heteroatoms. The van der Waals surface area contributed by atoms with Crippen molar-refractivity contribution in [1.82, 2.24) is 4.98 Å². The van der Waals surface area contributed by atoms with Crippen LogP contribution in [-0.2, 0) is 12.2 Å². The lowest BCUT2D eigenvalue weighted by atomic mass is 10.1. The molecule has 4 rings (SSSR count). The monoisotopic (exact) mass is 474 g/mol. The number of nitrogens with zero attached hydrogens (tertiary/aromatic N) is 1. The van der Waals surface area contributed by atoms with Gasteiger partial charge in [-0.2, -0.15) is 0 Å². The second-order valence-corrected chi connectivity index (χ2v) is 9.36. The second kappa shape index (κ2) is 9.71. The van der Waals surface area contributed by atoms with Crippen molar-refractivity contribution in [1.29, 1.82) is 0 Å². The Hall–Kier alpha value is -2.25. The zero-order valence-corrected chi connectivity index (χ0v) is 18.7. The van der Waals surface area contributed by atoms with E-state index in [1.165, 1.54) is 11.3 Å². The summed E-state index contributed by atoms with van der Waals surface area (Å²) in [5, 5.41) is 4.36. The molecule has 2 aromatic heterocycles. The third-order valence-corrected chi connectivity index (χ3v) is 6.83. The van der Waals surface area contributed by atoms with Crippen molar-refractivity contribution in [3.63, 3.8) is 0 Å². The first-order chi connectivity index (χ1) is 14.6. The number of benzene rings is 2. The van der Waals surface area contributed by atoms with Crippen LogP contribution >= 0.6 is 46.3 Å². The maximum absolute atomic E-state index is 12.5. The summed E-state index contributed by atoms with van der Waals surface area (Å²) < 4.78 is 5.68. The molecule has 2 aromatic carbocycles. The number of thioether (sulfide) groups is 1. The quantitative estimate of drug-likeness (QED) is 0.288. The smallest absolute Gasteiger partial charge is 0.293 e. The number of hydrogen-bond donors (Lipinski definition) is 1. The highest BCUT2D eigenvalue weighted by Crippen LogP contribution is 2.27. The number of aromatic nitrogens is 1. The standard InChI is InChI=1S/C22H16Cl2N2O2S2/c23-18-8-6-14(11-19(18)24)10-17-12-25-22(30-17)26-21(27)20-9-7-15(28-20)13-29-16-4-2-1-3-5-16/h1-9,11-12H,10,13H2,(H,25,26,27).